The van der Waals surface area contributed by atoms with Crippen LogP contribution in [0.25, 0.3) is 0 Å². The molecule has 0 radical (unpaired) electrons. The van der Waals surface area contributed by atoms with Crippen LogP contribution in [0.3, 0.4) is 0 Å². The predicted octanol–water partition coefficient (Wildman–Crippen LogP) is -1.33. The molecule has 0 unspecified atom stereocenters. The third-order valence-corrected chi connectivity index (χ3v) is 5.62. The molecule has 6 N–H and O–H groups in total. The molecule has 1 aromatic heterocycles. The van der Waals surface area contributed by atoms with Gasteiger partial charge in [0.25, 0.3) is 5.56 Å². The Hall–Kier alpha value is -3.78. The molecule has 0 fully saturated rings. The second kappa shape index (κ2) is 11.7. The number of ether oxygens (including phenoxy) is 2. The topological polar surface area (TPSA) is 189 Å². The summed E-state index contributed by atoms with van der Waals surface area (Å²) in [6, 6.07) is 7.14. The van der Waals surface area contributed by atoms with Gasteiger partial charge in [0, 0.05) is 24.4 Å². The van der Waals surface area contributed by atoms with Gasteiger partial charge in [-0.15, -0.1) is 0 Å². The van der Waals surface area contributed by atoms with Gasteiger partial charge in [-0.1, -0.05) is 6.07 Å². The number of methoxy groups -OCH3 is 2. The fourth-order valence-corrected chi connectivity index (χ4v) is 3.67. The number of carbonyl (C=O) groups is 1. The van der Waals surface area contributed by atoms with Gasteiger partial charge in [0.15, 0.2) is 11.5 Å². The highest BCUT2D eigenvalue weighted by atomic mass is 32.2. The fraction of sp³-hybridized carbons (Fsp3) is 0.316. The summed E-state index contributed by atoms with van der Waals surface area (Å²) in [5.41, 5.74) is 9.84. The molecule has 180 valence electrons. The number of nitrogens with two attached hydrogens (primary N) is 2. The Labute approximate surface area is 190 Å². The molecule has 1 amide bonds. The quantitative estimate of drug-likeness (QED) is 0.123. The minimum Gasteiger partial charge on any atom is -0.493 e. The summed E-state index contributed by atoms with van der Waals surface area (Å²) in [7, 11) is -1.12. The van der Waals surface area contributed by atoms with Gasteiger partial charge in [-0.2, -0.15) is 0 Å². The Balaban J connectivity index is 2.02. The van der Waals surface area contributed by atoms with Crippen LogP contribution in [0.4, 0.5) is 0 Å². The third kappa shape index (κ3) is 7.40. The standard InChI is InChI=1S/C19H26N6O7S/c1-30-15-6-5-14(10-16(15)31-2)33(28,29)23-11-13-4-3-8-25(18(13)27)12-17(26)22-7-9-32-24-19(20)21/h3-6,8,10,23H,7,9,11-12H2,1-2H3,(H,22,26)(H4,20,21,24). The second-order valence-corrected chi connectivity index (χ2v) is 8.27. The zero-order valence-electron chi connectivity index (χ0n) is 18.1. The smallest absolute Gasteiger partial charge is 0.255 e. The van der Waals surface area contributed by atoms with Crippen molar-refractivity contribution in [3.63, 3.8) is 0 Å². The van der Waals surface area contributed by atoms with Gasteiger partial charge in [0.1, 0.15) is 13.2 Å². The van der Waals surface area contributed by atoms with Crippen molar-refractivity contribution < 1.29 is 27.5 Å². The highest BCUT2D eigenvalue weighted by molar-refractivity contribution is 7.89. The molecule has 0 aliphatic rings. The molecular weight excluding hydrogens is 456 g/mol. The highest BCUT2D eigenvalue weighted by Gasteiger charge is 2.18. The van der Waals surface area contributed by atoms with E-state index in [9.17, 15) is 18.0 Å². The third-order valence-electron chi connectivity index (χ3n) is 4.22. The number of guanidine groups is 1. The number of hydrogen-bond acceptors (Lipinski definition) is 8. The van der Waals surface area contributed by atoms with Gasteiger partial charge in [0.05, 0.1) is 25.7 Å². The first-order valence-electron chi connectivity index (χ1n) is 9.55. The van der Waals surface area contributed by atoms with Crippen molar-refractivity contribution in [3.05, 3.63) is 52.4 Å². The van der Waals surface area contributed by atoms with E-state index in [2.05, 4.69) is 15.2 Å². The summed E-state index contributed by atoms with van der Waals surface area (Å²) in [5.74, 6) is -0.0690. The number of nitrogens with zero attached hydrogens (tertiary/aromatic N) is 2. The highest BCUT2D eigenvalue weighted by Crippen LogP contribution is 2.29. The number of aromatic nitrogens is 1. The first-order valence-corrected chi connectivity index (χ1v) is 11.0. The number of oxime groups is 1. The summed E-state index contributed by atoms with van der Waals surface area (Å²) < 4.78 is 39.0. The van der Waals surface area contributed by atoms with E-state index in [4.69, 9.17) is 25.8 Å². The lowest BCUT2D eigenvalue weighted by molar-refractivity contribution is -0.121. The largest absolute Gasteiger partial charge is 0.493 e. The number of rotatable bonds is 12. The van der Waals surface area contributed by atoms with Gasteiger partial charge in [-0.3, -0.25) is 9.59 Å². The zero-order chi connectivity index (χ0) is 24.4. The number of pyridine rings is 1. The van der Waals surface area contributed by atoms with Crippen molar-refractivity contribution in [3.8, 4) is 11.5 Å². The van der Waals surface area contributed by atoms with Gasteiger partial charge >= 0.3 is 0 Å². The van der Waals surface area contributed by atoms with E-state index in [0.717, 1.165) is 4.57 Å². The van der Waals surface area contributed by atoms with E-state index in [0.29, 0.717) is 5.75 Å². The number of carbonyl (C=O) groups excluding carboxylic acids is 1. The van der Waals surface area contributed by atoms with Crippen LogP contribution in [-0.2, 0) is 32.7 Å². The maximum absolute atomic E-state index is 12.6. The second-order valence-electron chi connectivity index (χ2n) is 6.51. The molecule has 0 bridgehead atoms. The molecule has 2 aromatic rings. The predicted molar refractivity (Wildman–Crippen MR) is 119 cm³/mol. The number of amides is 1. The molecule has 2 rings (SSSR count). The van der Waals surface area contributed by atoms with Crippen LogP contribution < -0.4 is 36.5 Å². The molecule has 33 heavy (non-hydrogen) atoms. The lowest BCUT2D eigenvalue weighted by Crippen LogP contribution is -2.35. The number of sulfonamides is 1. The number of hydrogen-bond donors (Lipinski definition) is 4. The van der Waals surface area contributed by atoms with Crippen LogP contribution in [0.2, 0.25) is 0 Å². The van der Waals surface area contributed by atoms with Crippen LogP contribution in [0.15, 0.2) is 51.4 Å². The van der Waals surface area contributed by atoms with Gasteiger partial charge in [-0.05, 0) is 23.4 Å². The van der Waals surface area contributed by atoms with Crippen LogP contribution in [0.5, 0.6) is 11.5 Å². The average Bonchev–Trinajstić information content (AvgIpc) is 2.78. The minimum absolute atomic E-state index is 0.0382. The molecule has 13 nitrogen and oxygen atoms in total. The van der Waals surface area contributed by atoms with Gasteiger partial charge < -0.3 is 35.7 Å². The molecule has 14 heteroatoms. The Kier molecular flexibility index (Phi) is 9.06. The lowest BCUT2D eigenvalue weighted by atomic mass is 10.3. The van der Waals surface area contributed by atoms with E-state index in [1.807, 2.05) is 0 Å². The Bertz CT molecular complexity index is 1160. The normalized spacial score (nSPS) is 10.8. The number of benzene rings is 1. The van der Waals surface area contributed by atoms with Crippen molar-refractivity contribution in [1.82, 2.24) is 14.6 Å². The maximum atomic E-state index is 12.6. The first kappa shape index (κ1) is 25.5. The molecular formula is C19H26N6O7S. The van der Waals surface area contributed by atoms with Crippen LogP contribution in [0, 0.1) is 0 Å². The van der Waals surface area contributed by atoms with E-state index in [-0.39, 0.29) is 48.4 Å². The maximum Gasteiger partial charge on any atom is 0.255 e. The molecule has 0 saturated carbocycles. The van der Waals surface area contributed by atoms with Crippen molar-refractivity contribution in [2.75, 3.05) is 27.4 Å². The molecule has 0 aliphatic heterocycles. The Morgan fingerprint density at radius 3 is 2.55 bits per heavy atom. The Morgan fingerprint density at radius 1 is 1.15 bits per heavy atom. The SMILES string of the molecule is COc1ccc(S(=O)(=O)NCc2cccn(CC(=O)NCCON=C(N)N)c2=O)cc1OC. The first-order chi connectivity index (χ1) is 15.7. The molecule has 0 saturated heterocycles. The Morgan fingerprint density at radius 2 is 1.88 bits per heavy atom. The van der Waals surface area contributed by atoms with Crippen molar-refractivity contribution in [2.24, 2.45) is 16.6 Å². The van der Waals surface area contributed by atoms with E-state index >= 15 is 0 Å². The average molecular weight is 483 g/mol. The summed E-state index contributed by atoms with van der Waals surface area (Å²) in [6.45, 7) is -0.382. The van der Waals surface area contributed by atoms with E-state index in [1.54, 1.807) is 0 Å². The molecule has 0 spiro atoms. The van der Waals surface area contributed by atoms with Crippen molar-refractivity contribution >= 4 is 21.9 Å². The minimum atomic E-state index is -3.95. The van der Waals surface area contributed by atoms with Crippen LogP contribution in [-0.4, -0.2) is 52.2 Å². The zero-order valence-corrected chi connectivity index (χ0v) is 18.9. The molecule has 1 aromatic carbocycles. The van der Waals surface area contributed by atoms with Gasteiger partial charge in [0.2, 0.25) is 21.9 Å². The summed E-state index contributed by atoms with van der Waals surface area (Å²) in [4.78, 5) is 29.4. The van der Waals surface area contributed by atoms with Crippen molar-refractivity contribution in [2.45, 2.75) is 18.0 Å². The van der Waals surface area contributed by atoms with Gasteiger partial charge in [-0.25, -0.2) is 13.1 Å². The van der Waals surface area contributed by atoms with Crippen molar-refractivity contribution in [1.29, 1.82) is 0 Å². The van der Waals surface area contributed by atoms with Crippen LogP contribution in [0.1, 0.15) is 5.56 Å². The van der Waals surface area contributed by atoms with E-state index in [1.165, 1.54) is 50.7 Å². The molecule has 0 aliphatic carbocycles. The lowest BCUT2D eigenvalue weighted by Gasteiger charge is -2.12. The summed E-state index contributed by atoms with van der Waals surface area (Å²) in [5, 5.41) is 5.85. The monoisotopic (exact) mass is 482 g/mol. The fourth-order valence-electron chi connectivity index (χ4n) is 2.65. The molecule has 1 heterocycles. The summed E-state index contributed by atoms with van der Waals surface area (Å²) >= 11 is 0. The number of nitrogens with one attached hydrogen (secondary N) is 2. The van der Waals surface area contributed by atoms with E-state index < -0.39 is 21.5 Å². The summed E-state index contributed by atoms with van der Waals surface area (Å²) in [6.07, 6.45) is 1.42. The molecule has 0 atom stereocenters. The van der Waals surface area contributed by atoms with Crippen LogP contribution >= 0.6 is 0 Å².